The highest BCUT2D eigenvalue weighted by Crippen LogP contribution is 2.18. The highest BCUT2D eigenvalue weighted by atomic mass is 15.5. The summed E-state index contributed by atoms with van der Waals surface area (Å²) in [6, 6.07) is 17.7. The van der Waals surface area contributed by atoms with Gasteiger partial charge >= 0.3 is 0 Å². The van der Waals surface area contributed by atoms with E-state index in [0.29, 0.717) is 17.9 Å². The molecule has 0 saturated heterocycles. The predicted octanol–water partition coefficient (Wildman–Crippen LogP) is 2.57. The molecule has 0 amide bonds. The molecule has 5 nitrogen and oxygen atoms in total. The Bertz CT molecular complexity index is 796. The van der Waals surface area contributed by atoms with Crippen molar-refractivity contribution in [1.82, 2.24) is 20.2 Å². The third kappa shape index (κ3) is 2.65. The van der Waals surface area contributed by atoms with Crippen LogP contribution in [0.4, 0.5) is 0 Å². The van der Waals surface area contributed by atoms with Crippen LogP contribution in [0.2, 0.25) is 0 Å². The van der Waals surface area contributed by atoms with Crippen molar-refractivity contribution in [1.29, 1.82) is 5.26 Å². The fourth-order valence-corrected chi connectivity index (χ4v) is 2.15. The molecule has 5 heteroatoms. The molecular weight excluding hydrogens is 262 g/mol. The first-order valence-electron chi connectivity index (χ1n) is 6.59. The summed E-state index contributed by atoms with van der Waals surface area (Å²) >= 11 is 0. The van der Waals surface area contributed by atoms with Crippen molar-refractivity contribution in [3.05, 3.63) is 65.2 Å². The van der Waals surface area contributed by atoms with E-state index >= 15 is 0 Å². The zero-order chi connectivity index (χ0) is 14.7. The zero-order valence-corrected chi connectivity index (χ0v) is 11.6. The summed E-state index contributed by atoms with van der Waals surface area (Å²) in [6.45, 7) is 2.51. The van der Waals surface area contributed by atoms with Crippen LogP contribution in [0.1, 0.15) is 16.7 Å². The number of hydrogen-bond acceptors (Lipinski definition) is 4. The number of nitriles is 1. The minimum atomic E-state index is 0.472. The van der Waals surface area contributed by atoms with Crippen molar-refractivity contribution in [3.63, 3.8) is 0 Å². The third-order valence-corrected chi connectivity index (χ3v) is 3.30. The average Bonchev–Trinajstić information content (AvgIpc) is 2.97. The van der Waals surface area contributed by atoms with Crippen LogP contribution in [0.5, 0.6) is 0 Å². The second-order valence-electron chi connectivity index (χ2n) is 4.80. The van der Waals surface area contributed by atoms with Crippen molar-refractivity contribution in [2.24, 2.45) is 0 Å². The van der Waals surface area contributed by atoms with Gasteiger partial charge in [-0.1, -0.05) is 48.0 Å². The fourth-order valence-electron chi connectivity index (χ4n) is 2.15. The van der Waals surface area contributed by atoms with E-state index in [1.54, 1.807) is 10.7 Å². The number of aryl methyl sites for hydroxylation is 1. The van der Waals surface area contributed by atoms with E-state index in [0.717, 1.165) is 11.1 Å². The van der Waals surface area contributed by atoms with Gasteiger partial charge in [-0.25, -0.2) is 4.68 Å². The van der Waals surface area contributed by atoms with Crippen LogP contribution in [0.3, 0.4) is 0 Å². The molecular formula is C16H13N5. The Hall–Kier alpha value is -3.00. The maximum absolute atomic E-state index is 9.15. The van der Waals surface area contributed by atoms with Crippen molar-refractivity contribution >= 4 is 0 Å². The van der Waals surface area contributed by atoms with E-state index in [1.165, 1.54) is 5.56 Å². The summed E-state index contributed by atoms with van der Waals surface area (Å²) in [6.07, 6.45) is 0. The summed E-state index contributed by atoms with van der Waals surface area (Å²) in [7, 11) is 0. The van der Waals surface area contributed by atoms with Gasteiger partial charge in [0.05, 0.1) is 18.2 Å². The maximum Gasteiger partial charge on any atom is 0.182 e. The number of aromatic nitrogens is 4. The van der Waals surface area contributed by atoms with Gasteiger partial charge in [0.1, 0.15) is 0 Å². The normalized spacial score (nSPS) is 10.3. The number of hydrogen-bond donors (Lipinski definition) is 0. The van der Waals surface area contributed by atoms with E-state index in [1.807, 2.05) is 49.4 Å². The number of rotatable bonds is 3. The molecule has 0 aliphatic rings. The van der Waals surface area contributed by atoms with Crippen LogP contribution in [-0.2, 0) is 6.54 Å². The van der Waals surface area contributed by atoms with E-state index in [2.05, 4.69) is 21.6 Å². The monoisotopic (exact) mass is 275 g/mol. The Morgan fingerprint density at radius 1 is 1.10 bits per heavy atom. The molecule has 0 aliphatic heterocycles. The van der Waals surface area contributed by atoms with Crippen LogP contribution in [-0.4, -0.2) is 20.2 Å². The average molecular weight is 275 g/mol. The van der Waals surface area contributed by atoms with Gasteiger partial charge in [0.15, 0.2) is 5.82 Å². The Morgan fingerprint density at radius 2 is 1.86 bits per heavy atom. The first-order valence-corrected chi connectivity index (χ1v) is 6.59. The second-order valence-corrected chi connectivity index (χ2v) is 4.80. The van der Waals surface area contributed by atoms with Crippen molar-refractivity contribution < 1.29 is 0 Å². The second kappa shape index (κ2) is 5.55. The van der Waals surface area contributed by atoms with Gasteiger partial charge in [-0.05, 0) is 29.0 Å². The molecule has 21 heavy (non-hydrogen) atoms. The standard InChI is InChI=1S/C16H13N5/c1-12-6-8-13(9-7-12)16-18-19-20-21(16)11-15-5-3-2-4-14(15)10-17/h2-9H,11H2,1H3. The van der Waals surface area contributed by atoms with Gasteiger partial charge in [-0.2, -0.15) is 5.26 Å². The summed E-state index contributed by atoms with van der Waals surface area (Å²) in [5.41, 5.74) is 3.69. The SMILES string of the molecule is Cc1ccc(-c2nnnn2Cc2ccccc2C#N)cc1. The molecule has 0 spiro atoms. The van der Waals surface area contributed by atoms with Gasteiger partial charge in [0, 0.05) is 5.56 Å². The van der Waals surface area contributed by atoms with Gasteiger partial charge in [0.25, 0.3) is 0 Å². The largest absolute Gasteiger partial charge is 0.221 e. The zero-order valence-electron chi connectivity index (χ0n) is 11.6. The Kier molecular flexibility index (Phi) is 3.44. The van der Waals surface area contributed by atoms with Crippen molar-refractivity contribution in [2.75, 3.05) is 0 Å². The molecule has 3 rings (SSSR count). The van der Waals surface area contributed by atoms with Crippen LogP contribution >= 0.6 is 0 Å². The number of nitrogens with zero attached hydrogens (tertiary/aromatic N) is 5. The lowest BCUT2D eigenvalue weighted by Crippen LogP contribution is -2.06. The summed E-state index contributed by atoms with van der Waals surface area (Å²) in [4.78, 5) is 0. The molecule has 0 unspecified atom stereocenters. The van der Waals surface area contributed by atoms with Gasteiger partial charge < -0.3 is 0 Å². The molecule has 0 atom stereocenters. The lowest BCUT2D eigenvalue weighted by Gasteiger charge is -2.06. The molecule has 102 valence electrons. The molecule has 0 radical (unpaired) electrons. The molecule has 1 aromatic heterocycles. The smallest absolute Gasteiger partial charge is 0.182 e. The van der Waals surface area contributed by atoms with Crippen molar-refractivity contribution in [2.45, 2.75) is 13.5 Å². The number of benzene rings is 2. The molecule has 0 fully saturated rings. The fraction of sp³-hybridized carbons (Fsp3) is 0.125. The van der Waals surface area contributed by atoms with Gasteiger partial charge in [0.2, 0.25) is 0 Å². The molecule has 0 bridgehead atoms. The molecule has 2 aromatic carbocycles. The lowest BCUT2D eigenvalue weighted by atomic mass is 10.1. The van der Waals surface area contributed by atoms with Crippen LogP contribution in [0.25, 0.3) is 11.4 Å². The number of tetrazole rings is 1. The minimum absolute atomic E-state index is 0.472. The molecule has 3 aromatic rings. The quantitative estimate of drug-likeness (QED) is 0.736. The summed E-state index contributed by atoms with van der Waals surface area (Å²) < 4.78 is 1.71. The highest BCUT2D eigenvalue weighted by molar-refractivity contribution is 5.55. The van der Waals surface area contributed by atoms with Gasteiger partial charge in [-0.15, -0.1) is 5.10 Å². The molecule has 1 heterocycles. The maximum atomic E-state index is 9.15. The minimum Gasteiger partial charge on any atom is -0.221 e. The predicted molar refractivity (Wildman–Crippen MR) is 78.2 cm³/mol. The highest BCUT2D eigenvalue weighted by Gasteiger charge is 2.10. The van der Waals surface area contributed by atoms with Crippen molar-refractivity contribution in [3.8, 4) is 17.5 Å². The first-order chi connectivity index (χ1) is 10.3. The van der Waals surface area contributed by atoms with Gasteiger partial charge in [-0.3, -0.25) is 0 Å². The third-order valence-electron chi connectivity index (χ3n) is 3.30. The topological polar surface area (TPSA) is 67.4 Å². The first kappa shape index (κ1) is 13.0. The molecule has 0 aliphatic carbocycles. The van der Waals surface area contributed by atoms with E-state index in [-0.39, 0.29) is 0 Å². The lowest BCUT2D eigenvalue weighted by molar-refractivity contribution is 0.652. The van der Waals surface area contributed by atoms with Crippen LogP contribution < -0.4 is 0 Å². The van der Waals surface area contributed by atoms with E-state index in [4.69, 9.17) is 5.26 Å². The Balaban J connectivity index is 1.96. The molecule has 0 N–H and O–H groups in total. The summed E-state index contributed by atoms with van der Waals surface area (Å²) in [5.74, 6) is 0.697. The van der Waals surface area contributed by atoms with E-state index in [9.17, 15) is 0 Å². The Labute approximate surface area is 122 Å². The van der Waals surface area contributed by atoms with Crippen LogP contribution in [0.15, 0.2) is 48.5 Å². The Morgan fingerprint density at radius 3 is 2.62 bits per heavy atom. The summed E-state index contributed by atoms with van der Waals surface area (Å²) in [5, 5.41) is 21.0. The molecule has 0 saturated carbocycles. The van der Waals surface area contributed by atoms with E-state index < -0.39 is 0 Å². The van der Waals surface area contributed by atoms with Crippen LogP contribution in [0, 0.1) is 18.3 Å².